The Morgan fingerprint density at radius 1 is 0.435 bits per heavy atom. The molecule has 3 unspecified atom stereocenters. The topological polar surface area (TPSA) is 95.9 Å². The molecule has 0 aromatic rings. The zero-order valence-corrected chi connectivity index (χ0v) is 45.4. The second kappa shape index (κ2) is 56.0. The molecule has 0 radical (unpaired) electrons. The zero-order valence-electron chi connectivity index (χ0n) is 45.4. The molecule has 0 aliphatic heterocycles. The fourth-order valence-electron chi connectivity index (χ4n) is 8.61. The molecule has 0 saturated heterocycles. The van der Waals surface area contributed by atoms with Crippen LogP contribution in [0.3, 0.4) is 0 Å². The SMILES string of the molecule is CCC/C=C/C=C/C=C/C=C/C=C/CCCCCCCC(=O)OC(CCCCCCCCC/C=C\C/C=C\CCCCC)CC(=O)NC(CO)C(O)CCCCCCCCCCCCCCCCC. The van der Waals surface area contributed by atoms with Crippen LogP contribution in [0.2, 0.25) is 0 Å². The standard InChI is InChI=1S/C63H111NO5/c1-4-7-10-13-16-19-22-25-28-30-32-35-38-41-44-47-50-53-56-63(68)69-59(54-51-48-45-42-39-36-34-31-29-26-23-20-17-14-11-8-5-2)57-62(67)64-60(58-65)61(66)55-52-49-46-43-40-37-33-27-24-21-18-15-12-9-6-3/h10,13,16-17,19-20,22,25-26,28-30,32,35,59-61,65-66H,4-9,11-12,14-15,18,21,23-24,27,31,33-34,36-58H2,1-3H3,(H,64,67)/b13-10+,19-16+,20-17-,25-22+,29-26-,30-28+,35-32+. The molecule has 398 valence electrons. The van der Waals surface area contributed by atoms with Gasteiger partial charge in [-0.2, -0.15) is 0 Å². The number of nitrogens with one attached hydrogen (secondary N) is 1. The third-order valence-electron chi connectivity index (χ3n) is 13.1. The van der Waals surface area contributed by atoms with E-state index >= 15 is 0 Å². The Kier molecular flexibility index (Phi) is 53.6. The Bertz CT molecular complexity index is 1310. The van der Waals surface area contributed by atoms with E-state index in [4.69, 9.17) is 4.74 Å². The fraction of sp³-hybridized carbons (Fsp3) is 0.746. The van der Waals surface area contributed by atoms with E-state index in [0.717, 1.165) is 96.3 Å². The minimum Gasteiger partial charge on any atom is -0.462 e. The Balaban J connectivity index is 4.65. The number of ether oxygens (including phenoxy) is 1. The highest BCUT2D eigenvalue weighted by atomic mass is 16.5. The molecular formula is C63H111NO5. The van der Waals surface area contributed by atoms with Crippen molar-refractivity contribution >= 4 is 11.9 Å². The minimum atomic E-state index is -0.800. The molecule has 69 heavy (non-hydrogen) atoms. The van der Waals surface area contributed by atoms with Crippen LogP contribution in [0.25, 0.3) is 0 Å². The summed E-state index contributed by atoms with van der Waals surface area (Å²) in [5.74, 6) is -0.507. The van der Waals surface area contributed by atoms with Crippen LogP contribution in [0.4, 0.5) is 0 Å². The van der Waals surface area contributed by atoms with Gasteiger partial charge >= 0.3 is 5.97 Å². The normalized spacial score (nSPS) is 13.8. The predicted octanol–water partition coefficient (Wildman–Crippen LogP) is 18.3. The van der Waals surface area contributed by atoms with E-state index in [-0.39, 0.29) is 24.9 Å². The lowest BCUT2D eigenvalue weighted by Gasteiger charge is -2.24. The molecule has 0 rings (SSSR count). The molecule has 0 aromatic carbocycles. The summed E-state index contributed by atoms with van der Waals surface area (Å²) in [7, 11) is 0. The summed E-state index contributed by atoms with van der Waals surface area (Å²) in [5, 5.41) is 23.9. The quantitative estimate of drug-likeness (QED) is 0.0244. The van der Waals surface area contributed by atoms with Gasteiger partial charge in [0.15, 0.2) is 0 Å². The van der Waals surface area contributed by atoms with E-state index < -0.39 is 18.2 Å². The molecule has 0 aliphatic carbocycles. The largest absolute Gasteiger partial charge is 0.462 e. The number of rotatable bonds is 52. The molecule has 0 saturated carbocycles. The molecule has 3 atom stereocenters. The van der Waals surface area contributed by atoms with Crippen molar-refractivity contribution in [3.63, 3.8) is 0 Å². The van der Waals surface area contributed by atoms with Crippen LogP contribution in [-0.2, 0) is 14.3 Å². The lowest BCUT2D eigenvalue weighted by molar-refractivity contribution is -0.151. The summed E-state index contributed by atoms with van der Waals surface area (Å²) >= 11 is 0. The van der Waals surface area contributed by atoms with Gasteiger partial charge in [-0.25, -0.2) is 0 Å². The van der Waals surface area contributed by atoms with Gasteiger partial charge < -0.3 is 20.3 Å². The first-order valence-electron chi connectivity index (χ1n) is 29.4. The van der Waals surface area contributed by atoms with Crippen molar-refractivity contribution in [2.75, 3.05) is 6.61 Å². The highest BCUT2D eigenvalue weighted by Crippen LogP contribution is 2.18. The number of esters is 1. The number of amides is 1. The summed E-state index contributed by atoms with van der Waals surface area (Å²) in [6.07, 6.45) is 73.5. The van der Waals surface area contributed by atoms with Crippen LogP contribution in [0.1, 0.15) is 278 Å². The molecule has 0 bridgehead atoms. The second-order valence-electron chi connectivity index (χ2n) is 19.8. The maximum atomic E-state index is 13.3. The van der Waals surface area contributed by atoms with Crippen LogP contribution in [0.15, 0.2) is 85.1 Å². The van der Waals surface area contributed by atoms with Crippen LogP contribution < -0.4 is 5.32 Å². The van der Waals surface area contributed by atoms with Crippen molar-refractivity contribution in [3.05, 3.63) is 85.1 Å². The summed E-state index contributed by atoms with van der Waals surface area (Å²) in [6.45, 7) is 6.39. The molecule has 0 fully saturated rings. The number of allylic oxidation sites excluding steroid dienone is 14. The predicted molar refractivity (Wildman–Crippen MR) is 301 cm³/mol. The van der Waals surface area contributed by atoms with Crippen molar-refractivity contribution in [2.24, 2.45) is 0 Å². The number of hydrogen-bond donors (Lipinski definition) is 3. The molecule has 0 heterocycles. The van der Waals surface area contributed by atoms with Gasteiger partial charge in [-0.3, -0.25) is 9.59 Å². The third-order valence-corrected chi connectivity index (χ3v) is 13.1. The van der Waals surface area contributed by atoms with Gasteiger partial charge in [-0.05, 0) is 77.0 Å². The van der Waals surface area contributed by atoms with Crippen molar-refractivity contribution in [3.8, 4) is 0 Å². The van der Waals surface area contributed by atoms with Gasteiger partial charge in [-0.15, -0.1) is 0 Å². The van der Waals surface area contributed by atoms with Crippen molar-refractivity contribution in [1.29, 1.82) is 0 Å². The number of carbonyl (C=O) groups excluding carboxylic acids is 2. The van der Waals surface area contributed by atoms with Gasteiger partial charge in [0.25, 0.3) is 0 Å². The average molecular weight is 963 g/mol. The van der Waals surface area contributed by atoms with Crippen molar-refractivity contribution in [2.45, 2.75) is 296 Å². The van der Waals surface area contributed by atoms with E-state index in [1.54, 1.807) is 0 Å². The first-order chi connectivity index (χ1) is 34.0. The maximum absolute atomic E-state index is 13.3. The van der Waals surface area contributed by atoms with Crippen LogP contribution in [0.5, 0.6) is 0 Å². The first-order valence-corrected chi connectivity index (χ1v) is 29.4. The summed E-state index contributed by atoms with van der Waals surface area (Å²) in [5.41, 5.74) is 0. The zero-order chi connectivity index (χ0) is 50.2. The van der Waals surface area contributed by atoms with E-state index in [0.29, 0.717) is 19.3 Å². The van der Waals surface area contributed by atoms with Gasteiger partial charge in [0, 0.05) is 6.42 Å². The third kappa shape index (κ3) is 51.2. The lowest BCUT2D eigenvalue weighted by atomic mass is 10.0. The summed E-state index contributed by atoms with van der Waals surface area (Å²) in [6, 6.07) is -0.715. The number of aliphatic hydroxyl groups excluding tert-OH is 2. The smallest absolute Gasteiger partial charge is 0.306 e. The highest BCUT2D eigenvalue weighted by Gasteiger charge is 2.24. The molecule has 1 amide bonds. The molecule has 0 aliphatic rings. The number of unbranched alkanes of at least 4 members (excludes halogenated alkanes) is 30. The van der Waals surface area contributed by atoms with Crippen LogP contribution >= 0.6 is 0 Å². The van der Waals surface area contributed by atoms with E-state index in [1.165, 1.54) is 135 Å². The molecule has 6 nitrogen and oxygen atoms in total. The van der Waals surface area contributed by atoms with E-state index in [1.807, 2.05) is 24.3 Å². The maximum Gasteiger partial charge on any atom is 0.306 e. The summed E-state index contributed by atoms with van der Waals surface area (Å²) < 4.78 is 5.96. The molecule has 6 heteroatoms. The van der Waals surface area contributed by atoms with Gasteiger partial charge in [0.05, 0.1) is 25.2 Å². The average Bonchev–Trinajstić information content (AvgIpc) is 3.34. The van der Waals surface area contributed by atoms with Gasteiger partial charge in [0.1, 0.15) is 6.10 Å². The Labute approximate surface area is 427 Å². The van der Waals surface area contributed by atoms with E-state index in [9.17, 15) is 19.8 Å². The van der Waals surface area contributed by atoms with Crippen LogP contribution in [-0.4, -0.2) is 46.9 Å². The molecule has 0 aromatic heterocycles. The Morgan fingerprint density at radius 3 is 1.32 bits per heavy atom. The Morgan fingerprint density at radius 2 is 0.826 bits per heavy atom. The minimum absolute atomic E-state index is 0.0584. The second-order valence-corrected chi connectivity index (χ2v) is 19.8. The summed E-state index contributed by atoms with van der Waals surface area (Å²) in [4.78, 5) is 26.3. The molecule has 0 spiro atoms. The Hall–Kier alpha value is -2.96. The highest BCUT2D eigenvalue weighted by molar-refractivity contribution is 5.77. The van der Waals surface area contributed by atoms with Crippen molar-refractivity contribution < 1.29 is 24.5 Å². The molecular weight excluding hydrogens is 851 g/mol. The van der Waals surface area contributed by atoms with Gasteiger partial charge in [-0.1, -0.05) is 273 Å². The first kappa shape index (κ1) is 66.0. The number of aliphatic hydroxyl groups is 2. The molecule has 3 N–H and O–H groups in total. The van der Waals surface area contributed by atoms with Crippen molar-refractivity contribution in [1.82, 2.24) is 5.32 Å². The van der Waals surface area contributed by atoms with Crippen LogP contribution in [0, 0.1) is 0 Å². The lowest BCUT2D eigenvalue weighted by Crippen LogP contribution is -2.46. The number of carbonyl (C=O) groups is 2. The number of hydrogen-bond acceptors (Lipinski definition) is 5. The monoisotopic (exact) mass is 962 g/mol. The van der Waals surface area contributed by atoms with Gasteiger partial charge in [0.2, 0.25) is 5.91 Å². The van der Waals surface area contributed by atoms with E-state index in [2.05, 4.69) is 86.8 Å². The fourth-order valence-corrected chi connectivity index (χ4v) is 8.61.